The highest BCUT2D eigenvalue weighted by atomic mass is 14.2. The molecule has 0 fully saturated rings. The van der Waals surface area contributed by atoms with Crippen molar-refractivity contribution >= 4 is 0 Å². The van der Waals surface area contributed by atoms with E-state index in [1.165, 1.54) is 54.4 Å². The van der Waals surface area contributed by atoms with Crippen LogP contribution in [-0.4, -0.2) is 0 Å². The lowest BCUT2D eigenvalue weighted by Crippen LogP contribution is -1.84. The lowest BCUT2D eigenvalue weighted by atomic mass is 10.0. The summed E-state index contributed by atoms with van der Waals surface area (Å²) in [6.07, 6.45) is 10.3. The Hall–Kier alpha value is -1.04. The maximum atomic E-state index is 4.05. The Morgan fingerprint density at radius 2 is 1.75 bits per heavy atom. The summed E-state index contributed by atoms with van der Waals surface area (Å²) in [6, 6.07) is 0. The Labute approximate surface area is 128 Å². The molecule has 116 valence electrons. The minimum atomic E-state index is 0.951. The first-order valence-electron chi connectivity index (χ1n) is 8.21. The van der Waals surface area contributed by atoms with Crippen LogP contribution in [0.15, 0.2) is 48.1 Å². The van der Waals surface area contributed by atoms with Crippen LogP contribution in [0.5, 0.6) is 0 Å². The van der Waals surface area contributed by atoms with Crippen LogP contribution in [0.3, 0.4) is 0 Å². The Morgan fingerprint density at radius 3 is 2.05 bits per heavy atom. The van der Waals surface area contributed by atoms with E-state index in [0.717, 1.165) is 12.8 Å². The van der Waals surface area contributed by atoms with Gasteiger partial charge in [0.1, 0.15) is 0 Å². The number of allylic oxidation sites excluding steroid dienone is 5. The molecule has 0 aliphatic heterocycles. The van der Waals surface area contributed by atoms with Crippen LogP contribution in [0.4, 0.5) is 0 Å². The Balaban J connectivity index is 0. The molecule has 0 aromatic carbocycles. The monoisotopic (exact) mass is 276 g/mol. The Kier molecular flexibility index (Phi) is 15.3. The predicted octanol–water partition coefficient (Wildman–Crippen LogP) is 7.40. The zero-order chi connectivity index (χ0) is 16.0. The third-order valence-corrected chi connectivity index (χ3v) is 3.41. The summed E-state index contributed by atoms with van der Waals surface area (Å²) in [4.78, 5) is 0. The molecule has 0 radical (unpaired) electrons. The summed E-state index contributed by atoms with van der Waals surface area (Å²) >= 11 is 0. The van der Waals surface area contributed by atoms with Crippen molar-refractivity contribution in [3.05, 3.63) is 48.1 Å². The largest absolute Gasteiger partial charge is 0.103 e. The average Bonchev–Trinajstić information content (AvgIpc) is 2.88. The fraction of sp³-hybridized carbons (Fsp3) is 0.600. The standard InChI is InChI=1S/C11H16.C7H14.C2H6/c1-4-6-9(2)11-8-5-7-10(11)3;1-4-6-7(3)5-2;1-2/h4H,1-2,5-8H2,3H3;3-6H2,1-2H3;1-2H3. The van der Waals surface area contributed by atoms with Gasteiger partial charge in [0, 0.05) is 0 Å². The summed E-state index contributed by atoms with van der Waals surface area (Å²) in [6.45, 7) is 22.2. The molecule has 0 heterocycles. The van der Waals surface area contributed by atoms with Crippen LogP contribution in [0.2, 0.25) is 0 Å². The van der Waals surface area contributed by atoms with E-state index in [-0.39, 0.29) is 0 Å². The third kappa shape index (κ3) is 9.83. The first-order valence-corrected chi connectivity index (χ1v) is 8.21. The van der Waals surface area contributed by atoms with Gasteiger partial charge in [-0.3, -0.25) is 0 Å². The van der Waals surface area contributed by atoms with Gasteiger partial charge in [0.2, 0.25) is 0 Å². The highest BCUT2D eigenvalue weighted by Gasteiger charge is 2.11. The smallest absolute Gasteiger partial charge is 0.0103 e. The van der Waals surface area contributed by atoms with E-state index in [1.807, 2.05) is 19.9 Å². The molecule has 1 aliphatic carbocycles. The number of rotatable bonds is 6. The van der Waals surface area contributed by atoms with Crippen molar-refractivity contribution in [3.8, 4) is 0 Å². The lowest BCUT2D eigenvalue weighted by molar-refractivity contribution is 0.863. The van der Waals surface area contributed by atoms with Gasteiger partial charge >= 0.3 is 0 Å². The zero-order valence-electron chi connectivity index (χ0n) is 14.6. The lowest BCUT2D eigenvalue weighted by Gasteiger charge is -2.04. The van der Waals surface area contributed by atoms with Gasteiger partial charge in [0.05, 0.1) is 0 Å². The second kappa shape index (κ2) is 14.4. The van der Waals surface area contributed by atoms with Crippen LogP contribution in [0, 0.1) is 0 Å². The van der Waals surface area contributed by atoms with E-state index < -0.39 is 0 Å². The van der Waals surface area contributed by atoms with E-state index in [9.17, 15) is 0 Å². The van der Waals surface area contributed by atoms with Crippen molar-refractivity contribution in [2.75, 3.05) is 0 Å². The third-order valence-electron chi connectivity index (χ3n) is 3.41. The normalized spacial score (nSPS) is 12.8. The summed E-state index contributed by atoms with van der Waals surface area (Å²) in [5.74, 6) is 0. The molecule has 0 atom stereocenters. The van der Waals surface area contributed by atoms with E-state index in [1.54, 1.807) is 0 Å². The second-order valence-corrected chi connectivity index (χ2v) is 5.06. The van der Waals surface area contributed by atoms with Crippen LogP contribution >= 0.6 is 0 Å². The minimum absolute atomic E-state index is 0.951. The molecule has 0 amide bonds. The van der Waals surface area contributed by atoms with Crippen molar-refractivity contribution in [3.63, 3.8) is 0 Å². The molecule has 0 aromatic rings. The van der Waals surface area contributed by atoms with Crippen LogP contribution in [0.25, 0.3) is 0 Å². The van der Waals surface area contributed by atoms with Crippen molar-refractivity contribution in [2.45, 2.75) is 79.6 Å². The maximum absolute atomic E-state index is 4.05. The van der Waals surface area contributed by atoms with Crippen LogP contribution in [-0.2, 0) is 0 Å². The van der Waals surface area contributed by atoms with E-state index in [4.69, 9.17) is 0 Å². The minimum Gasteiger partial charge on any atom is -0.103 e. The summed E-state index contributed by atoms with van der Waals surface area (Å²) in [5, 5.41) is 0. The van der Waals surface area contributed by atoms with E-state index in [0.29, 0.717) is 0 Å². The van der Waals surface area contributed by atoms with Gasteiger partial charge in [-0.25, -0.2) is 0 Å². The van der Waals surface area contributed by atoms with Crippen molar-refractivity contribution in [1.29, 1.82) is 0 Å². The summed E-state index contributed by atoms with van der Waals surface area (Å²) in [7, 11) is 0. The Bertz CT molecular complexity index is 315. The SMILES string of the molecule is C=C(CC)CCC.C=CCC(=C)C1=C(C)CCC1.CC. The van der Waals surface area contributed by atoms with Gasteiger partial charge in [0.25, 0.3) is 0 Å². The fourth-order valence-corrected chi connectivity index (χ4v) is 2.20. The summed E-state index contributed by atoms with van der Waals surface area (Å²) < 4.78 is 0. The van der Waals surface area contributed by atoms with Crippen molar-refractivity contribution < 1.29 is 0 Å². The molecular formula is C20H36. The highest BCUT2D eigenvalue weighted by molar-refractivity contribution is 5.36. The molecule has 0 N–H and O–H groups in total. The Morgan fingerprint density at radius 1 is 1.15 bits per heavy atom. The first-order chi connectivity index (χ1) is 9.56. The molecule has 0 aromatic heterocycles. The highest BCUT2D eigenvalue weighted by Crippen LogP contribution is 2.31. The molecule has 1 aliphatic rings. The van der Waals surface area contributed by atoms with Gasteiger partial charge in [-0.2, -0.15) is 0 Å². The van der Waals surface area contributed by atoms with Crippen LogP contribution in [0.1, 0.15) is 79.6 Å². The quantitative estimate of drug-likeness (QED) is 0.443. The molecule has 1 rings (SSSR count). The zero-order valence-corrected chi connectivity index (χ0v) is 14.6. The average molecular weight is 277 g/mol. The molecule has 0 heteroatoms. The molecule has 0 spiro atoms. The van der Waals surface area contributed by atoms with Gasteiger partial charge < -0.3 is 0 Å². The van der Waals surface area contributed by atoms with Crippen molar-refractivity contribution in [1.82, 2.24) is 0 Å². The fourth-order valence-electron chi connectivity index (χ4n) is 2.20. The molecule has 0 saturated heterocycles. The van der Waals surface area contributed by atoms with Crippen LogP contribution < -0.4 is 0 Å². The molecular weight excluding hydrogens is 240 g/mol. The van der Waals surface area contributed by atoms with E-state index >= 15 is 0 Å². The first kappa shape index (κ1) is 21.3. The number of hydrogen-bond donors (Lipinski definition) is 0. The van der Waals surface area contributed by atoms with Crippen molar-refractivity contribution in [2.24, 2.45) is 0 Å². The number of hydrogen-bond acceptors (Lipinski definition) is 0. The van der Waals surface area contributed by atoms with Gasteiger partial charge in [-0.05, 0) is 56.6 Å². The van der Waals surface area contributed by atoms with Gasteiger partial charge in [-0.15, -0.1) is 6.58 Å². The molecule has 0 nitrogen and oxygen atoms in total. The van der Waals surface area contributed by atoms with Gasteiger partial charge in [0.15, 0.2) is 0 Å². The van der Waals surface area contributed by atoms with Gasteiger partial charge in [-0.1, -0.05) is 64.5 Å². The molecule has 20 heavy (non-hydrogen) atoms. The molecule has 0 unspecified atom stereocenters. The summed E-state index contributed by atoms with van der Waals surface area (Å²) in [5.41, 5.74) is 5.69. The predicted molar refractivity (Wildman–Crippen MR) is 96.2 cm³/mol. The maximum Gasteiger partial charge on any atom is -0.0103 e. The second-order valence-electron chi connectivity index (χ2n) is 5.06. The van der Waals surface area contributed by atoms with E-state index in [2.05, 4.69) is 40.5 Å². The molecule has 0 saturated carbocycles. The topological polar surface area (TPSA) is 0 Å². The molecule has 0 bridgehead atoms.